The number of carbonyl (C=O) groups excluding carboxylic acids is 2. The highest BCUT2D eigenvalue weighted by Crippen LogP contribution is 2.35. The fourth-order valence-corrected chi connectivity index (χ4v) is 2.56. The quantitative estimate of drug-likeness (QED) is 0.652. The highest BCUT2D eigenvalue weighted by atomic mass is 35.5. The third kappa shape index (κ3) is 5.43. The van der Waals surface area contributed by atoms with Crippen LogP contribution in [0.3, 0.4) is 0 Å². The number of halogens is 1. The Kier molecular flexibility index (Phi) is 7.76. The Labute approximate surface area is 167 Å². The number of rotatable bonds is 8. The molecule has 0 aromatic heterocycles. The molecule has 2 N–H and O–H groups in total. The molecule has 2 rings (SSSR count). The largest absolute Gasteiger partial charge is 0.493 e. The number of hydrogen-bond donors (Lipinski definition) is 2. The van der Waals surface area contributed by atoms with Gasteiger partial charge >= 0.3 is 0 Å². The van der Waals surface area contributed by atoms with Crippen LogP contribution in [0.1, 0.15) is 17.3 Å². The Morgan fingerprint density at radius 2 is 1.64 bits per heavy atom. The molecule has 8 nitrogen and oxygen atoms in total. The summed E-state index contributed by atoms with van der Waals surface area (Å²) in [5.41, 5.74) is 4.74. The van der Waals surface area contributed by atoms with Gasteiger partial charge < -0.3 is 18.9 Å². The van der Waals surface area contributed by atoms with Crippen molar-refractivity contribution in [3.63, 3.8) is 0 Å². The van der Waals surface area contributed by atoms with Gasteiger partial charge in [-0.05, 0) is 31.2 Å². The lowest BCUT2D eigenvalue weighted by atomic mass is 10.2. The van der Waals surface area contributed by atoms with Crippen LogP contribution < -0.4 is 29.8 Å². The van der Waals surface area contributed by atoms with Crippen molar-refractivity contribution in [2.45, 2.75) is 6.92 Å². The third-order valence-corrected chi connectivity index (χ3v) is 3.80. The van der Waals surface area contributed by atoms with Crippen LogP contribution in [0.2, 0.25) is 5.02 Å². The van der Waals surface area contributed by atoms with Crippen LogP contribution in [0.5, 0.6) is 23.0 Å². The Hall–Kier alpha value is -3.13. The van der Waals surface area contributed by atoms with Gasteiger partial charge in [0.1, 0.15) is 0 Å². The number of carbonyl (C=O) groups is 2. The first kappa shape index (κ1) is 21.2. The molecule has 0 aliphatic rings. The van der Waals surface area contributed by atoms with E-state index in [1.807, 2.05) is 6.92 Å². The molecule has 0 saturated heterocycles. The second-order valence-corrected chi connectivity index (χ2v) is 5.77. The average molecular weight is 409 g/mol. The molecule has 0 aliphatic heterocycles. The van der Waals surface area contributed by atoms with Crippen molar-refractivity contribution in [1.29, 1.82) is 0 Å². The maximum atomic E-state index is 12.2. The molecule has 0 heterocycles. The maximum absolute atomic E-state index is 12.2. The summed E-state index contributed by atoms with van der Waals surface area (Å²) in [5.74, 6) is 0.435. The summed E-state index contributed by atoms with van der Waals surface area (Å²) < 4.78 is 21.1. The van der Waals surface area contributed by atoms with Gasteiger partial charge in [-0.3, -0.25) is 20.4 Å². The summed E-state index contributed by atoms with van der Waals surface area (Å²) in [6.07, 6.45) is 0. The standard InChI is InChI=1S/C19H21ClN2O6/c1-4-27-14-7-5-6-8-15(14)28-11-17(23)21-22-19(24)12-9-13(20)18(26-3)16(10-12)25-2/h5-10H,4,11H2,1-3H3,(H,21,23)(H,22,24). The Morgan fingerprint density at radius 1 is 0.964 bits per heavy atom. The van der Waals surface area contributed by atoms with E-state index < -0.39 is 11.8 Å². The first-order valence-corrected chi connectivity index (χ1v) is 8.73. The minimum Gasteiger partial charge on any atom is -0.493 e. The van der Waals surface area contributed by atoms with E-state index >= 15 is 0 Å². The van der Waals surface area contributed by atoms with Gasteiger partial charge in [0, 0.05) is 5.56 Å². The topological polar surface area (TPSA) is 95.1 Å². The second-order valence-electron chi connectivity index (χ2n) is 5.36. The average Bonchev–Trinajstić information content (AvgIpc) is 2.70. The molecule has 0 unspecified atom stereocenters. The monoisotopic (exact) mass is 408 g/mol. The zero-order valence-corrected chi connectivity index (χ0v) is 16.5. The van der Waals surface area contributed by atoms with E-state index in [1.165, 1.54) is 26.4 Å². The molecule has 28 heavy (non-hydrogen) atoms. The van der Waals surface area contributed by atoms with Crippen molar-refractivity contribution >= 4 is 23.4 Å². The van der Waals surface area contributed by atoms with Gasteiger partial charge in [-0.25, -0.2) is 0 Å². The normalized spacial score (nSPS) is 10.0. The van der Waals surface area contributed by atoms with Crippen molar-refractivity contribution in [3.05, 3.63) is 47.0 Å². The summed E-state index contributed by atoms with van der Waals surface area (Å²) in [6, 6.07) is 9.83. The Morgan fingerprint density at radius 3 is 2.25 bits per heavy atom. The van der Waals surface area contributed by atoms with E-state index in [1.54, 1.807) is 24.3 Å². The molecule has 2 amide bonds. The fourth-order valence-electron chi connectivity index (χ4n) is 2.27. The molecule has 9 heteroatoms. The van der Waals surface area contributed by atoms with Crippen LogP contribution in [0.4, 0.5) is 0 Å². The molecule has 0 radical (unpaired) electrons. The summed E-state index contributed by atoms with van der Waals surface area (Å²) in [4.78, 5) is 24.2. The van der Waals surface area contributed by atoms with Crippen LogP contribution >= 0.6 is 11.6 Å². The summed E-state index contributed by atoms with van der Waals surface area (Å²) in [6.45, 7) is 2.01. The van der Waals surface area contributed by atoms with Gasteiger partial charge in [0.2, 0.25) is 0 Å². The first-order chi connectivity index (χ1) is 13.5. The van der Waals surface area contributed by atoms with Crippen molar-refractivity contribution in [3.8, 4) is 23.0 Å². The lowest BCUT2D eigenvalue weighted by Crippen LogP contribution is -2.43. The molecule has 0 aliphatic carbocycles. The molecule has 0 atom stereocenters. The minimum absolute atomic E-state index is 0.186. The number of hydrazine groups is 1. The number of benzene rings is 2. The molecule has 0 fully saturated rings. The number of ether oxygens (including phenoxy) is 4. The van der Waals surface area contributed by atoms with Crippen molar-refractivity contribution in [2.75, 3.05) is 27.4 Å². The molecular weight excluding hydrogens is 388 g/mol. The van der Waals surface area contributed by atoms with Gasteiger partial charge in [0.25, 0.3) is 11.8 Å². The fraction of sp³-hybridized carbons (Fsp3) is 0.263. The van der Waals surface area contributed by atoms with E-state index in [0.29, 0.717) is 29.6 Å². The predicted octanol–water partition coefficient (Wildman–Crippen LogP) is 2.60. The van der Waals surface area contributed by atoms with Gasteiger partial charge in [-0.2, -0.15) is 0 Å². The third-order valence-electron chi connectivity index (χ3n) is 3.52. The highest BCUT2D eigenvalue weighted by molar-refractivity contribution is 6.32. The number of methoxy groups -OCH3 is 2. The van der Waals surface area contributed by atoms with Crippen molar-refractivity contribution in [1.82, 2.24) is 10.9 Å². The number of nitrogens with one attached hydrogen (secondary N) is 2. The maximum Gasteiger partial charge on any atom is 0.276 e. The molecule has 2 aromatic carbocycles. The van der Waals surface area contributed by atoms with Crippen LogP contribution in [0, 0.1) is 0 Å². The van der Waals surface area contributed by atoms with Crippen LogP contribution in [-0.4, -0.2) is 39.2 Å². The van der Waals surface area contributed by atoms with Crippen LogP contribution in [0.15, 0.2) is 36.4 Å². The van der Waals surface area contributed by atoms with Gasteiger partial charge in [-0.1, -0.05) is 23.7 Å². The summed E-state index contributed by atoms with van der Waals surface area (Å²) in [7, 11) is 2.86. The first-order valence-electron chi connectivity index (χ1n) is 8.35. The molecule has 2 aromatic rings. The molecule has 0 bridgehead atoms. The molecule has 150 valence electrons. The van der Waals surface area contributed by atoms with Gasteiger partial charge in [-0.15, -0.1) is 0 Å². The molecular formula is C19H21ClN2O6. The van der Waals surface area contributed by atoms with E-state index in [9.17, 15) is 9.59 Å². The van der Waals surface area contributed by atoms with Crippen molar-refractivity contribution in [2.24, 2.45) is 0 Å². The van der Waals surface area contributed by atoms with Gasteiger partial charge in [0.05, 0.1) is 25.8 Å². The lowest BCUT2D eigenvalue weighted by Gasteiger charge is -2.13. The Bertz CT molecular complexity index is 843. The second kappa shape index (κ2) is 10.3. The minimum atomic E-state index is -0.578. The van der Waals surface area contributed by atoms with E-state index in [0.717, 1.165) is 0 Å². The zero-order chi connectivity index (χ0) is 20.5. The lowest BCUT2D eigenvalue weighted by molar-refractivity contribution is -0.123. The number of amides is 2. The van der Waals surface area contributed by atoms with Crippen LogP contribution in [0.25, 0.3) is 0 Å². The Balaban J connectivity index is 1.93. The van der Waals surface area contributed by atoms with Crippen molar-refractivity contribution < 1.29 is 28.5 Å². The smallest absolute Gasteiger partial charge is 0.276 e. The molecule has 0 spiro atoms. The van der Waals surface area contributed by atoms with E-state index in [2.05, 4.69) is 10.9 Å². The SMILES string of the molecule is CCOc1ccccc1OCC(=O)NNC(=O)c1cc(Cl)c(OC)c(OC)c1. The molecule has 0 saturated carbocycles. The number of hydrogen-bond acceptors (Lipinski definition) is 6. The van der Waals surface area contributed by atoms with Crippen LogP contribution in [-0.2, 0) is 4.79 Å². The predicted molar refractivity (Wildman–Crippen MR) is 103 cm³/mol. The summed E-state index contributed by atoms with van der Waals surface area (Å²) in [5, 5.41) is 0.203. The van der Waals surface area contributed by atoms with E-state index in [4.69, 9.17) is 30.5 Å². The van der Waals surface area contributed by atoms with Gasteiger partial charge in [0.15, 0.2) is 29.6 Å². The summed E-state index contributed by atoms with van der Waals surface area (Å²) >= 11 is 6.07. The zero-order valence-electron chi connectivity index (χ0n) is 15.7. The number of para-hydroxylation sites is 2. The van der Waals surface area contributed by atoms with E-state index in [-0.39, 0.29) is 17.2 Å². The highest BCUT2D eigenvalue weighted by Gasteiger charge is 2.16.